The SMILES string of the molecule is NNc1nccc(NC2CCC(=O)NC2)n1. The Bertz CT molecular complexity index is 372. The zero-order valence-corrected chi connectivity index (χ0v) is 8.73. The lowest BCUT2D eigenvalue weighted by Crippen LogP contribution is -2.42. The molecule has 0 saturated carbocycles. The molecule has 0 bridgehead atoms. The first kappa shape index (κ1) is 10.6. The first-order valence-electron chi connectivity index (χ1n) is 5.11. The van der Waals surface area contributed by atoms with E-state index < -0.39 is 0 Å². The van der Waals surface area contributed by atoms with Crippen LogP contribution >= 0.6 is 0 Å². The van der Waals surface area contributed by atoms with Crippen LogP contribution < -0.4 is 21.9 Å². The smallest absolute Gasteiger partial charge is 0.239 e. The molecule has 0 aliphatic carbocycles. The zero-order chi connectivity index (χ0) is 11.4. The minimum atomic E-state index is 0.102. The number of nitrogens with one attached hydrogen (secondary N) is 3. The summed E-state index contributed by atoms with van der Waals surface area (Å²) in [7, 11) is 0. The Balaban J connectivity index is 1.95. The lowest BCUT2D eigenvalue weighted by atomic mass is 10.1. The maximum Gasteiger partial charge on any atom is 0.239 e. The van der Waals surface area contributed by atoms with Gasteiger partial charge in [-0.2, -0.15) is 4.98 Å². The lowest BCUT2D eigenvalue weighted by molar-refractivity contribution is -0.122. The van der Waals surface area contributed by atoms with Gasteiger partial charge >= 0.3 is 0 Å². The largest absolute Gasteiger partial charge is 0.365 e. The number of nitrogen functional groups attached to an aromatic ring is 1. The molecule has 7 nitrogen and oxygen atoms in total. The molecule has 7 heteroatoms. The van der Waals surface area contributed by atoms with Crippen LogP contribution in [-0.2, 0) is 4.79 Å². The van der Waals surface area contributed by atoms with Crippen LogP contribution in [0.25, 0.3) is 0 Å². The molecule has 16 heavy (non-hydrogen) atoms. The van der Waals surface area contributed by atoms with Gasteiger partial charge in [0.2, 0.25) is 11.9 Å². The number of rotatable bonds is 3. The summed E-state index contributed by atoms with van der Waals surface area (Å²) in [6.07, 6.45) is 2.97. The second-order valence-corrected chi connectivity index (χ2v) is 3.59. The second-order valence-electron chi connectivity index (χ2n) is 3.59. The molecule has 0 spiro atoms. The first-order valence-corrected chi connectivity index (χ1v) is 5.11. The Labute approximate surface area is 92.8 Å². The summed E-state index contributed by atoms with van der Waals surface area (Å²) in [5.74, 6) is 6.38. The van der Waals surface area contributed by atoms with Crippen LogP contribution in [0.4, 0.5) is 11.8 Å². The zero-order valence-electron chi connectivity index (χ0n) is 8.73. The molecule has 2 heterocycles. The van der Waals surface area contributed by atoms with Gasteiger partial charge in [-0.1, -0.05) is 0 Å². The fraction of sp³-hybridized carbons (Fsp3) is 0.444. The molecule has 1 aromatic heterocycles. The second kappa shape index (κ2) is 4.75. The van der Waals surface area contributed by atoms with Gasteiger partial charge in [-0.15, -0.1) is 0 Å². The Morgan fingerprint density at radius 2 is 2.44 bits per heavy atom. The number of carbonyl (C=O) groups excluding carboxylic acids is 1. The number of carbonyl (C=O) groups is 1. The topological polar surface area (TPSA) is 105 Å². The number of anilines is 2. The van der Waals surface area contributed by atoms with E-state index in [2.05, 4.69) is 26.0 Å². The summed E-state index contributed by atoms with van der Waals surface area (Å²) in [6.45, 7) is 0.619. The molecule has 1 atom stereocenters. The van der Waals surface area contributed by atoms with E-state index in [1.165, 1.54) is 0 Å². The molecule has 1 amide bonds. The fourth-order valence-corrected chi connectivity index (χ4v) is 1.57. The van der Waals surface area contributed by atoms with E-state index in [4.69, 9.17) is 5.84 Å². The van der Waals surface area contributed by atoms with E-state index in [9.17, 15) is 4.79 Å². The van der Waals surface area contributed by atoms with Crippen molar-refractivity contribution in [1.82, 2.24) is 15.3 Å². The molecule has 1 unspecified atom stereocenters. The maximum absolute atomic E-state index is 11.0. The molecule has 0 radical (unpaired) electrons. The highest BCUT2D eigenvalue weighted by Gasteiger charge is 2.17. The first-order chi connectivity index (χ1) is 7.78. The fourth-order valence-electron chi connectivity index (χ4n) is 1.57. The van der Waals surface area contributed by atoms with Crippen molar-refractivity contribution in [3.63, 3.8) is 0 Å². The summed E-state index contributed by atoms with van der Waals surface area (Å²) < 4.78 is 0. The molecule has 1 aliphatic heterocycles. The van der Waals surface area contributed by atoms with Gasteiger partial charge in [0.05, 0.1) is 0 Å². The van der Waals surface area contributed by atoms with E-state index in [0.29, 0.717) is 24.7 Å². The predicted octanol–water partition coefficient (Wildman–Crippen LogP) is -0.547. The van der Waals surface area contributed by atoms with E-state index in [1.807, 2.05) is 0 Å². The highest BCUT2D eigenvalue weighted by atomic mass is 16.1. The van der Waals surface area contributed by atoms with E-state index >= 15 is 0 Å². The molecule has 86 valence electrons. The summed E-state index contributed by atoms with van der Waals surface area (Å²) in [5, 5.41) is 6.01. The molecule has 1 aliphatic rings. The number of piperidine rings is 1. The number of hydrogen-bond donors (Lipinski definition) is 4. The van der Waals surface area contributed by atoms with Crippen molar-refractivity contribution in [3.05, 3.63) is 12.3 Å². The normalized spacial score (nSPS) is 20.1. The van der Waals surface area contributed by atoms with Crippen molar-refractivity contribution in [2.45, 2.75) is 18.9 Å². The van der Waals surface area contributed by atoms with Crippen LogP contribution in [0.5, 0.6) is 0 Å². The van der Waals surface area contributed by atoms with Gasteiger partial charge in [-0.05, 0) is 12.5 Å². The number of nitrogens with zero attached hydrogens (tertiary/aromatic N) is 2. The third-order valence-electron chi connectivity index (χ3n) is 2.40. The molecule has 0 aromatic carbocycles. The Hall–Kier alpha value is -1.89. The van der Waals surface area contributed by atoms with Crippen LogP contribution in [-0.4, -0.2) is 28.5 Å². The molecule has 1 saturated heterocycles. The Morgan fingerprint density at radius 3 is 3.12 bits per heavy atom. The van der Waals surface area contributed by atoms with Gasteiger partial charge in [-0.3, -0.25) is 10.2 Å². The van der Waals surface area contributed by atoms with Gasteiger partial charge in [0.15, 0.2) is 0 Å². The third-order valence-corrected chi connectivity index (χ3v) is 2.40. The summed E-state index contributed by atoms with van der Waals surface area (Å²) in [6, 6.07) is 1.97. The quantitative estimate of drug-likeness (QED) is 0.404. The van der Waals surface area contributed by atoms with Crippen molar-refractivity contribution in [3.8, 4) is 0 Å². The summed E-state index contributed by atoms with van der Waals surface area (Å²) >= 11 is 0. The molecular weight excluding hydrogens is 208 g/mol. The molecule has 2 rings (SSSR count). The van der Waals surface area contributed by atoms with Gasteiger partial charge in [0.1, 0.15) is 5.82 Å². The minimum absolute atomic E-state index is 0.102. The number of hydrazine groups is 1. The highest BCUT2D eigenvalue weighted by molar-refractivity contribution is 5.76. The van der Waals surface area contributed by atoms with Crippen LogP contribution in [0.15, 0.2) is 12.3 Å². The minimum Gasteiger partial charge on any atom is -0.365 e. The number of aromatic nitrogens is 2. The van der Waals surface area contributed by atoms with Crippen molar-refractivity contribution < 1.29 is 4.79 Å². The summed E-state index contributed by atoms with van der Waals surface area (Å²) in [4.78, 5) is 19.0. The van der Waals surface area contributed by atoms with Gasteiger partial charge in [0, 0.05) is 25.2 Å². The Morgan fingerprint density at radius 1 is 1.56 bits per heavy atom. The lowest BCUT2D eigenvalue weighted by Gasteiger charge is -2.23. The number of amides is 1. The maximum atomic E-state index is 11.0. The average Bonchev–Trinajstić information content (AvgIpc) is 2.32. The predicted molar refractivity (Wildman–Crippen MR) is 59.5 cm³/mol. The van der Waals surface area contributed by atoms with Gasteiger partial charge in [0.25, 0.3) is 0 Å². The van der Waals surface area contributed by atoms with Crippen LogP contribution in [0.2, 0.25) is 0 Å². The van der Waals surface area contributed by atoms with Gasteiger partial charge < -0.3 is 10.6 Å². The van der Waals surface area contributed by atoms with Gasteiger partial charge in [-0.25, -0.2) is 10.8 Å². The van der Waals surface area contributed by atoms with Crippen molar-refractivity contribution in [2.24, 2.45) is 5.84 Å². The Kier molecular flexibility index (Phi) is 3.16. The molecular formula is C9H14N6O. The molecule has 1 aromatic rings. The van der Waals surface area contributed by atoms with Crippen LogP contribution in [0, 0.1) is 0 Å². The van der Waals surface area contributed by atoms with E-state index in [0.717, 1.165) is 6.42 Å². The van der Waals surface area contributed by atoms with Crippen molar-refractivity contribution in [1.29, 1.82) is 0 Å². The monoisotopic (exact) mass is 222 g/mol. The molecule has 1 fully saturated rings. The van der Waals surface area contributed by atoms with Crippen LogP contribution in [0.1, 0.15) is 12.8 Å². The number of hydrogen-bond acceptors (Lipinski definition) is 6. The highest BCUT2D eigenvalue weighted by Crippen LogP contribution is 2.11. The summed E-state index contributed by atoms with van der Waals surface area (Å²) in [5.41, 5.74) is 2.38. The van der Waals surface area contributed by atoms with E-state index in [-0.39, 0.29) is 11.9 Å². The van der Waals surface area contributed by atoms with Crippen molar-refractivity contribution >= 4 is 17.7 Å². The third kappa shape index (κ3) is 2.57. The van der Waals surface area contributed by atoms with Crippen LogP contribution in [0.3, 0.4) is 0 Å². The number of nitrogens with two attached hydrogens (primary N) is 1. The van der Waals surface area contributed by atoms with Crippen molar-refractivity contribution in [2.75, 3.05) is 17.3 Å². The molecule has 5 N–H and O–H groups in total. The standard InChI is InChI=1S/C9H14N6O/c10-15-9-11-4-3-7(14-9)13-6-1-2-8(16)12-5-6/h3-4,6H,1-2,5,10H2,(H,12,16)(H2,11,13,14,15). The van der Waals surface area contributed by atoms with E-state index in [1.54, 1.807) is 12.3 Å². The average molecular weight is 222 g/mol.